The fourth-order valence-electron chi connectivity index (χ4n) is 5.50. The van der Waals surface area contributed by atoms with Crippen molar-refractivity contribution in [1.82, 2.24) is 4.57 Å². The minimum Gasteiger partial charge on any atom is -0.344 e. The normalized spacial score (nSPS) is 15.2. The van der Waals surface area contributed by atoms with Crippen LogP contribution in [0.25, 0.3) is 22.2 Å². The van der Waals surface area contributed by atoms with Gasteiger partial charge in [-0.1, -0.05) is 82.9 Å². The molecule has 1 saturated carbocycles. The molecule has 33 heavy (non-hydrogen) atoms. The van der Waals surface area contributed by atoms with Gasteiger partial charge in [0.25, 0.3) is 0 Å². The summed E-state index contributed by atoms with van der Waals surface area (Å²) < 4.78 is 2.29. The molecule has 1 fully saturated rings. The molecule has 2 aromatic carbocycles. The summed E-state index contributed by atoms with van der Waals surface area (Å²) in [7, 11) is 2.15. The fraction of sp³-hybridized carbons (Fsp3) is 0.516. The SMILES string of the molecule is CC.CCCC(CCCc1cccc(-c2cc3ccccc3n2C)c1)C(=O)C1CCCCC1. The van der Waals surface area contributed by atoms with Crippen LogP contribution in [0.4, 0.5) is 0 Å². The van der Waals surface area contributed by atoms with Gasteiger partial charge in [0.15, 0.2) is 0 Å². The number of para-hydroxylation sites is 1. The smallest absolute Gasteiger partial charge is 0.139 e. The molecule has 1 aromatic heterocycles. The van der Waals surface area contributed by atoms with E-state index in [1.807, 2.05) is 13.8 Å². The van der Waals surface area contributed by atoms with Crippen LogP contribution in [-0.4, -0.2) is 10.4 Å². The second-order valence-corrected chi connectivity index (χ2v) is 9.46. The first-order chi connectivity index (χ1) is 16.2. The van der Waals surface area contributed by atoms with Crippen LogP contribution in [0.1, 0.15) is 84.1 Å². The van der Waals surface area contributed by atoms with Crippen molar-refractivity contribution in [2.45, 2.75) is 85.0 Å². The summed E-state index contributed by atoms with van der Waals surface area (Å²) in [5.41, 5.74) is 5.19. The van der Waals surface area contributed by atoms with Crippen LogP contribution >= 0.6 is 0 Å². The third kappa shape index (κ3) is 6.37. The first-order valence-electron chi connectivity index (χ1n) is 13.3. The molecule has 0 N–H and O–H groups in total. The van der Waals surface area contributed by atoms with Crippen molar-refractivity contribution in [1.29, 1.82) is 0 Å². The van der Waals surface area contributed by atoms with E-state index in [1.165, 1.54) is 47.0 Å². The molecule has 1 aliphatic carbocycles. The zero-order valence-corrected chi connectivity index (χ0v) is 21.3. The highest BCUT2D eigenvalue weighted by atomic mass is 16.1. The fourth-order valence-corrected chi connectivity index (χ4v) is 5.50. The number of carbonyl (C=O) groups excluding carboxylic acids is 1. The maximum absolute atomic E-state index is 13.1. The summed E-state index contributed by atoms with van der Waals surface area (Å²) in [6.45, 7) is 6.22. The highest BCUT2D eigenvalue weighted by Gasteiger charge is 2.27. The lowest BCUT2D eigenvalue weighted by Crippen LogP contribution is -2.25. The Kier molecular flexibility index (Phi) is 9.78. The quantitative estimate of drug-likeness (QED) is 0.322. The van der Waals surface area contributed by atoms with Crippen LogP contribution in [0.2, 0.25) is 0 Å². The van der Waals surface area contributed by atoms with Crippen molar-refractivity contribution >= 4 is 16.7 Å². The van der Waals surface area contributed by atoms with Gasteiger partial charge in [0, 0.05) is 35.5 Å². The predicted molar refractivity (Wildman–Crippen MR) is 143 cm³/mol. The maximum atomic E-state index is 13.1. The number of nitrogens with zero attached hydrogens (tertiary/aromatic N) is 1. The van der Waals surface area contributed by atoms with E-state index in [-0.39, 0.29) is 5.92 Å². The molecule has 0 saturated heterocycles. The summed E-state index contributed by atoms with van der Waals surface area (Å²) in [6.07, 6.45) is 11.4. The van der Waals surface area contributed by atoms with E-state index >= 15 is 0 Å². The van der Waals surface area contributed by atoms with Crippen LogP contribution in [0.3, 0.4) is 0 Å². The first kappa shape index (κ1) is 25.3. The number of ketones is 1. The van der Waals surface area contributed by atoms with E-state index in [4.69, 9.17) is 0 Å². The Balaban J connectivity index is 0.00000149. The van der Waals surface area contributed by atoms with Crippen LogP contribution in [0, 0.1) is 11.8 Å². The number of fused-ring (bicyclic) bond motifs is 1. The number of aryl methyl sites for hydroxylation is 2. The van der Waals surface area contributed by atoms with Crippen molar-refractivity contribution in [2.24, 2.45) is 18.9 Å². The number of Topliss-reactive ketones (excluding diaryl/α,β-unsaturated/α-hetero) is 1. The highest BCUT2D eigenvalue weighted by molar-refractivity contribution is 5.87. The number of hydrogen-bond donors (Lipinski definition) is 0. The number of carbonyl (C=O) groups is 1. The van der Waals surface area contributed by atoms with Gasteiger partial charge in [-0.3, -0.25) is 4.79 Å². The topological polar surface area (TPSA) is 22.0 Å². The van der Waals surface area contributed by atoms with Crippen molar-refractivity contribution in [2.75, 3.05) is 0 Å². The van der Waals surface area contributed by atoms with Crippen LogP contribution in [0.15, 0.2) is 54.6 Å². The lowest BCUT2D eigenvalue weighted by atomic mass is 9.78. The van der Waals surface area contributed by atoms with E-state index in [1.54, 1.807) is 0 Å². The number of aromatic nitrogens is 1. The van der Waals surface area contributed by atoms with Crippen LogP contribution in [0.5, 0.6) is 0 Å². The standard InChI is InChI=1S/C29H37NO.C2H6/c1-3-11-23(29(31)24-14-5-4-6-15-24)17-9-12-22-13-10-18-25(20-22)28-21-26-16-7-8-19-27(26)30(28)2;1-2/h7-8,10,13,16,18-21,23-24H,3-6,9,11-12,14-15,17H2,1-2H3;1-2H3. The van der Waals surface area contributed by atoms with Gasteiger partial charge in [0.2, 0.25) is 0 Å². The summed E-state index contributed by atoms with van der Waals surface area (Å²) in [5, 5.41) is 1.29. The minimum atomic E-state index is 0.273. The van der Waals surface area contributed by atoms with Crippen molar-refractivity contribution in [3.8, 4) is 11.3 Å². The summed E-state index contributed by atoms with van der Waals surface area (Å²) in [5.74, 6) is 1.19. The molecule has 4 rings (SSSR count). The average Bonchev–Trinajstić information content (AvgIpc) is 3.21. The lowest BCUT2D eigenvalue weighted by Gasteiger charge is -2.25. The number of benzene rings is 2. The molecule has 1 atom stereocenters. The second-order valence-electron chi connectivity index (χ2n) is 9.46. The Morgan fingerprint density at radius 2 is 1.73 bits per heavy atom. The van der Waals surface area contributed by atoms with Gasteiger partial charge in [-0.05, 0) is 67.9 Å². The van der Waals surface area contributed by atoms with E-state index in [9.17, 15) is 4.79 Å². The maximum Gasteiger partial charge on any atom is 0.139 e. The lowest BCUT2D eigenvalue weighted by molar-refractivity contribution is -0.128. The van der Waals surface area contributed by atoms with Gasteiger partial charge in [-0.15, -0.1) is 0 Å². The minimum absolute atomic E-state index is 0.273. The third-order valence-electron chi connectivity index (χ3n) is 7.24. The summed E-state index contributed by atoms with van der Waals surface area (Å²) in [6, 6.07) is 19.8. The molecule has 1 aliphatic rings. The van der Waals surface area contributed by atoms with E-state index in [0.29, 0.717) is 11.7 Å². The molecule has 178 valence electrons. The largest absolute Gasteiger partial charge is 0.344 e. The molecule has 3 aromatic rings. The Morgan fingerprint density at radius 1 is 0.970 bits per heavy atom. The summed E-state index contributed by atoms with van der Waals surface area (Å²) in [4.78, 5) is 13.1. The highest BCUT2D eigenvalue weighted by Crippen LogP contribution is 2.31. The molecule has 2 nitrogen and oxygen atoms in total. The Bertz CT molecular complexity index is 1010. The molecular formula is C31H43NO. The van der Waals surface area contributed by atoms with Crippen molar-refractivity contribution < 1.29 is 4.79 Å². The molecule has 1 heterocycles. The predicted octanol–water partition coefficient (Wildman–Crippen LogP) is 8.76. The Labute approximate surface area is 201 Å². The monoisotopic (exact) mass is 445 g/mol. The van der Waals surface area contributed by atoms with Gasteiger partial charge in [0.05, 0.1) is 0 Å². The van der Waals surface area contributed by atoms with Crippen molar-refractivity contribution in [3.05, 3.63) is 60.2 Å². The molecule has 1 unspecified atom stereocenters. The molecule has 0 spiro atoms. The van der Waals surface area contributed by atoms with Gasteiger partial charge in [0.1, 0.15) is 5.78 Å². The zero-order chi connectivity index (χ0) is 23.6. The van der Waals surface area contributed by atoms with Crippen LogP contribution < -0.4 is 0 Å². The van der Waals surface area contributed by atoms with E-state index < -0.39 is 0 Å². The van der Waals surface area contributed by atoms with Gasteiger partial charge >= 0.3 is 0 Å². The molecule has 0 bridgehead atoms. The number of hydrogen-bond acceptors (Lipinski definition) is 1. The van der Waals surface area contributed by atoms with Crippen molar-refractivity contribution in [3.63, 3.8) is 0 Å². The molecule has 0 amide bonds. The average molecular weight is 446 g/mol. The van der Waals surface area contributed by atoms with Gasteiger partial charge in [-0.2, -0.15) is 0 Å². The van der Waals surface area contributed by atoms with E-state index in [0.717, 1.165) is 44.9 Å². The van der Waals surface area contributed by atoms with E-state index in [2.05, 4.69) is 73.1 Å². The zero-order valence-electron chi connectivity index (χ0n) is 21.3. The van der Waals surface area contributed by atoms with Crippen LogP contribution in [-0.2, 0) is 18.3 Å². The number of rotatable bonds is 9. The Hall–Kier alpha value is -2.35. The molecule has 0 radical (unpaired) electrons. The second kappa shape index (κ2) is 12.8. The Morgan fingerprint density at radius 3 is 2.45 bits per heavy atom. The first-order valence-corrected chi connectivity index (χ1v) is 13.3. The molecule has 2 heteroatoms. The van der Waals surface area contributed by atoms with Gasteiger partial charge < -0.3 is 4.57 Å². The summed E-state index contributed by atoms with van der Waals surface area (Å²) >= 11 is 0. The van der Waals surface area contributed by atoms with Gasteiger partial charge in [-0.25, -0.2) is 0 Å². The third-order valence-corrected chi connectivity index (χ3v) is 7.24. The molecule has 0 aliphatic heterocycles. The molecular weight excluding hydrogens is 402 g/mol.